The van der Waals surface area contributed by atoms with E-state index < -0.39 is 59.0 Å². The van der Waals surface area contributed by atoms with Gasteiger partial charge in [-0.2, -0.15) is 0 Å². The van der Waals surface area contributed by atoms with Crippen molar-refractivity contribution in [2.75, 3.05) is 26.1 Å². The third-order valence-electron chi connectivity index (χ3n) is 7.91. The molecule has 0 spiro atoms. The third-order valence-corrected chi connectivity index (χ3v) is 7.91. The van der Waals surface area contributed by atoms with Gasteiger partial charge in [-0.3, -0.25) is 19.3 Å². The fourth-order valence-corrected chi connectivity index (χ4v) is 5.28. The number of ketones is 1. The highest BCUT2D eigenvalue weighted by Crippen LogP contribution is 2.25. The fourth-order valence-electron chi connectivity index (χ4n) is 5.28. The van der Waals surface area contributed by atoms with Gasteiger partial charge in [-0.15, -0.1) is 0 Å². The van der Waals surface area contributed by atoms with E-state index in [9.17, 15) is 39.0 Å². The number of imide groups is 1. The van der Waals surface area contributed by atoms with Gasteiger partial charge in [0.25, 0.3) is 11.8 Å². The van der Waals surface area contributed by atoms with Crippen LogP contribution in [0.4, 0.5) is 10.5 Å². The smallest absolute Gasteiger partial charge is 0.335 e. The molecule has 47 heavy (non-hydrogen) atoms. The van der Waals surface area contributed by atoms with E-state index in [4.69, 9.17) is 9.47 Å². The number of Topliss-reactive ketones (excluding diaryl/α,β-unsaturated/α-hetero) is 1. The number of carbonyl (C=O) groups excluding carboxylic acids is 4. The summed E-state index contributed by atoms with van der Waals surface area (Å²) >= 11 is 0. The zero-order chi connectivity index (χ0) is 34.5. The highest BCUT2D eigenvalue weighted by Gasteiger charge is 2.51. The van der Waals surface area contributed by atoms with Crippen molar-refractivity contribution in [3.63, 3.8) is 0 Å². The lowest BCUT2D eigenvalue weighted by atomic mass is 10.0. The topological polar surface area (TPSA) is 180 Å². The Morgan fingerprint density at radius 3 is 1.85 bits per heavy atom. The average Bonchev–Trinajstić information content (AvgIpc) is 3.26. The van der Waals surface area contributed by atoms with Gasteiger partial charge in [-0.05, 0) is 48.9 Å². The first-order valence-electron chi connectivity index (χ1n) is 15.8. The minimum Gasteiger partial charge on any atom is -0.497 e. The molecule has 2 aromatic carbocycles. The second-order valence-electron chi connectivity index (χ2n) is 11.4. The maximum atomic E-state index is 13.8. The summed E-state index contributed by atoms with van der Waals surface area (Å²) in [7, 11) is 2.75. The number of hydrogen-bond acceptors (Lipinski definition) is 8. The number of carboxylic acid groups (broad SMARTS) is 2. The molecule has 1 aliphatic rings. The Kier molecular flexibility index (Phi) is 13.9. The van der Waals surface area contributed by atoms with Gasteiger partial charge in [0.1, 0.15) is 5.75 Å². The molecule has 1 saturated heterocycles. The van der Waals surface area contributed by atoms with E-state index in [-0.39, 0.29) is 17.9 Å². The zero-order valence-electron chi connectivity index (χ0n) is 27.0. The summed E-state index contributed by atoms with van der Waals surface area (Å²) in [6, 6.07) is 5.59. The summed E-state index contributed by atoms with van der Waals surface area (Å²) in [6.45, 7) is 2.37. The number of hydrogen-bond donors (Lipinski definition) is 3. The molecular weight excluding hydrogens is 610 g/mol. The van der Waals surface area contributed by atoms with E-state index in [0.717, 1.165) is 42.4 Å². The zero-order valence-corrected chi connectivity index (χ0v) is 27.0. The van der Waals surface area contributed by atoms with Crippen molar-refractivity contribution in [2.24, 2.45) is 0 Å². The van der Waals surface area contributed by atoms with Gasteiger partial charge in [-0.25, -0.2) is 19.3 Å². The third kappa shape index (κ3) is 9.85. The van der Waals surface area contributed by atoms with Crippen LogP contribution in [0.2, 0.25) is 0 Å². The number of unbranched alkanes of at least 4 members (excludes halogenated alkanes) is 9. The van der Waals surface area contributed by atoms with Crippen LogP contribution < -0.4 is 10.1 Å². The first kappa shape index (κ1) is 36.7. The SMILES string of the molecule is CCCCCCCCCCCCOC1C(=O)N(C(C(=O)Nc2cc(C(=O)O)cc(C(=O)O)c2)C(=O)c2ccc(OC)cc2)C(=O)N1C. The van der Waals surface area contributed by atoms with Crippen LogP contribution in [0, 0.1) is 0 Å². The molecule has 0 aromatic heterocycles. The van der Waals surface area contributed by atoms with E-state index in [0.29, 0.717) is 17.1 Å². The number of likely N-dealkylation sites (N-methyl/N-ethyl adjacent to an activating group) is 1. The summed E-state index contributed by atoms with van der Waals surface area (Å²) < 4.78 is 10.9. The van der Waals surface area contributed by atoms with Crippen molar-refractivity contribution >= 4 is 41.3 Å². The van der Waals surface area contributed by atoms with Crippen molar-refractivity contribution in [1.29, 1.82) is 0 Å². The molecule has 0 bridgehead atoms. The molecule has 1 heterocycles. The van der Waals surface area contributed by atoms with Gasteiger partial charge in [-0.1, -0.05) is 64.7 Å². The summed E-state index contributed by atoms with van der Waals surface area (Å²) in [6.07, 6.45) is 9.66. The van der Waals surface area contributed by atoms with Crippen LogP contribution in [-0.2, 0) is 14.3 Å². The van der Waals surface area contributed by atoms with Gasteiger partial charge in [0, 0.05) is 24.9 Å². The van der Waals surface area contributed by atoms with Gasteiger partial charge >= 0.3 is 18.0 Å². The van der Waals surface area contributed by atoms with Crippen LogP contribution in [-0.4, -0.2) is 88.6 Å². The highest BCUT2D eigenvalue weighted by atomic mass is 16.5. The summed E-state index contributed by atoms with van der Waals surface area (Å²) in [4.78, 5) is 79.2. The number of methoxy groups -OCH3 is 1. The first-order chi connectivity index (χ1) is 22.5. The van der Waals surface area contributed by atoms with E-state index in [2.05, 4.69) is 12.2 Å². The van der Waals surface area contributed by atoms with Crippen LogP contribution in [0.3, 0.4) is 0 Å². The molecule has 254 valence electrons. The number of ether oxygens (including phenoxy) is 2. The maximum absolute atomic E-state index is 13.8. The molecule has 0 saturated carbocycles. The molecule has 2 unspecified atom stereocenters. The van der Waals surface area contributed by atoms with Crippen LogP contribution in [0.1, 0.15) is 102 Å². The molecule has 0 radical (unpaired) electrons. The molecule has 1 fully saturated rings. The predicted molar refractivity (Wildman–Crippen MR) is 172 cm³/mol. The summed E-state index contributed by atoms with van der Waals surface area (Å²) in [5, 5.41) is 21.2. The van der Waals surface area contributed by atoms with Gasteiger partial charge < -0.3 is 25.0 Å². The molecule has 13 nitrogen and oxygen atoms in total. The molecule has 3 N–H and O–H groups in total. The molecule has 13 heteroatoms. The number of benzene rings is 2. The Balaban J connectivity index is 1.77. The minimum atomic E-state index is -2.03. The van der Waals surface area contributed by atoms with Gasteiger partial charge in [0.2, 0.25) is 6.23 Å². The van der Waals surface area contributed by atoms with Crippen LogP contribution in [0.25, 0.3) is 0 Å². The number of nitrogens with one attached hydrogen (secondary N) is 1. The number of carboxylic acids is 2. The Labute approximate surface area is 273 Å². The lowest BCUT2D eigenvalue weighted by Gasteiger charge is -2.24. The number of nitrogens with zero attached hydrogens (tertiary/aromatic N) is 2. The average molecular weight is 654 g/mol. The normalized spacial score (nSPS) is 15.1. The summed E-state index contributed by atoms with van der Waals surface area (Å²) in [5.41, 5.74) is -1.16. The molecule has 1 aliphatic heterocycles. The van der Waals surface area contributed by atoms with Gasteiger partial charge in [0.15, 0.2) is 11.8 Å². The van der Waals surface area contributed by atoms with E-state index in [1.807, 2.05) is 0 Å². The number of rotatable bonds is 20. The number of anilines is 1. The van der Waals surface area contributed by atoms with Crippen LogP contribution in [0.15, 0.2) is 42.5 Å². The van der Waals surface area contributed by atoms with Crippen molar-refractivity contribution < 1.29 is 48.5 Å². The van der Waals surface area contributed by atoms with Crippen molar-refractivity contribution in [3.8, 4) is 5.75 Å². The number of amides is 4. The second-order valence-corrected chi connectivity index (χ2v) is 11.4. The summed E-state index contributed by atoms with van der Waals surface area (Å²) in [5.74, 6) is -5.48. The fraction of sp³-hybridized carbons (Fsp3) is 0.471. The van der Waals surface area contributed by atoms with Gasteiger partial charge in [0.05, 0.1) is 18.2 Å². The standard InChI is InChI=1S/C34H43N3O10/c1-4-5-6-7-8-9-10-11-12-13-18-47-31-30(40)37(34(45)36(31)2)27(28(38)22-14-16-26(46-3)17-15-22)29(39)35-25-20-23(32(41)42)19-24(21-25)33(43)44/h14-17,19-21,27,31H,4-13,18H2,1-3H3,(H,35,39)(H,41,42)(H,43,44). The number of urea groups is 1. The maximum Gasteiger partial charge on any atom is 0.335 e. The molecule has 4 amide bonds. The monoisotopic (exact) mass is 653 g/mol. The number of carbonyl (C=O) groups is 6. The van der Waals surface area contributed by atoms with Crippen molar-refractivity contribution in [1.82, 2.24) is 9.80 Å². The minimum absolute atomic E-state index is 0.0190. The van der Waals surface area contributed by atoms with E-state index >= 15 is 0 Å². The quantitative estimate of drug-likeness (QED) is 0.0721. The molecule has 0 aliphatic carbocycles. The second kappa shape index (κ2) is 17.8. The van der Waals surface area contributed by atoms with E-state index in [1.165, 1.54) is 76.9 Å². The van der Waals surface area contributed by atoms with Crippen LogP contribution in [0.5, 0.6) is 5.75 Å². The Bertz CT molecular complexity index is 1410. The number of aromatic carboxylic acids is 2. The molecule has 2 atom stereocenters. The Morgan fingerprint density at radius 2 is 1.34 bits per heavy atom. The van der Waals surface area contributed by atoms with Crippen molar-refractivity contribution in [2.45, 2.75) is 83.4 Å². The molecule has 2 aromatic rings. The lowest BCUT2D eigenvalue weighted by Crippen LogP contribution is -2.52. The molecular formula is C34H43N3O10. The highest BCUT2D eigenvalue weighted by molar-refractivity contribution is 6.22. The molecule has 3 rings (SSSR count). The van der Waals surface area contributed by atoms with Crippen LogP contribution >= 0.6 is 0 Å². The lowest BCUT2D eigenvalue weighted by molar-refractivity contribution is -0.143. The first-order valence-corrected chi connectivity index (χ1v) is 15.8. The van der Waals surface area contributed by atoms with Crippen molar-refractivity contribution in [3.05, 3.63) is 59.2 Å². The predicted octanol–water partition coefficient (Wildman–Crippen LogP) is 5.44. The Hall–Kier alpha value is -4.78. The largest absolute Gasteiger partial charge is 0.497 e. The van der Waals surface area contributed by atoms with E-state index in [1.54, 1.807) is 0 Å². The Morgan fingerprint density at radius 1 is 0.809 bits per heavy atom.